The third-order valence-corrected chi connectivity index (χ3v) is 3.80. The third-order valence-electron chi connectivity index (χ3n) is 3.80. The molecular weight excluding hydrogens is 337 g/mol. The molecular formula is C15H14F5NO3. The summed E-state index contributed by atoms with van der Waals surface area (Å²) in [5.41, 5.74) is -0.530. The number of benzene rings is 1. The number of halogens is 5. The molecule has 1 aromatic rings. The van der Waals surface area contributed by atoms with E-state index in [2.05, 4.69) is 0 Å². The lowest BCUT2D eigenvalue weighted by molar-refractivity contribution is -0.143. The molecule has 0 heterocycles. The van der Waals surface area contributed by atoms with Crippen LogP contribution in [0.4, 0.5) is 22.0 Å². The number of carbonyl (C=O) groups excluding carboxylic acids is 1. The Kier molecular flexibility index (Phi) is 5.10. The Morgan fingerprint density at radius 3 is 2.50 bits per heavy atom. The predicted octanol–water partition coefficient (Wildman–Crippen LogP) is 3.03. The van der Waals surface area contributed by atoms with Crippen LogP contribution in [0.5, 0.6) is 0 Å². The van der Waals surface area contributed by atoms with Gasteiger partial charge in [-0.15, -0.1) is 0 Å². The molecule has 0 aliphatic heterocycles. The van der Waals surface area contributed by atoms with Gasteiger partial charge in [0.2, 0.25) is 12.3 Å². The quantitative estimate of drug-likeness (QED) is 0.775. The average molecular weight is 351 g/mol. The van der Waals surface area contributed by atoms with Gasteiger partial charge >= 0.3 is 12.1 Å². The van der Waals surface area contributed by atoms with Crippen molar-refractivity contribution in [3.8, 4) is 0 Å². The molecule has 24 heavy (non-hydrogen) atoms. The highest BCUT2D eigenvalue weighted by Gasteiger charge is 2.45. The summed E-state index contributed by atoms with van der Waals surface area (Å²) in [5.74, 6) is -3.52. The molecule has 1 saturated carbocycles. The lowest BCUT2D eigenvalue weighted by Gasteiger charge is -2.14. The van der Waals surface area contributed by atoms with E-state index in [9.17, 15) is 31.5 Å². The number of aliphatic carboxylic acids is 1. The van der Waals surface area contributed by atoms with E-state index in [1.165, 1.54) is 12.1 Å². The summed E-state index contributed by atoms with van der Waals surface area (Å²) < 4.78 is 62.6. The minimum Gasteiger partial charge on any atom is -0.480 e. The molecule has 3 unspecified atom stereocenters. The fourth-order valence-electron chi connectivity index (χ4n) is 2.48. The average Bonchev–Trinajstić information content (AvgIpc) is 3.25. The smallest absolute Gasteiger partial charge is 0.416 e. The van der Waals surface area contributed by atoms with Crippen molar-refractivity contribution in [3.05, 3.63) is 35.4 Å². The molecule has 1 aliphatic carbocycles. The van der Waals surface area contributed by atoms with Gasteiger partial charge in [-0.1, -0.05) is 18.2 Å². The fourth-order valence-corrected chi connectivity index (χ4v) is 2.48. The second-order valence-electron chi connectivity index (χ2n) is 5.60. The third kappa shape index (κ3) is 4.42. The highest BCUT2D eigenvalue weighted by molar-refractivity contribution is 5.87. The lowest BCUT2D eigenvalue weighted by atomic mass is 10.0. The number of rotatable bonds is 6. The van der Waals surface area contributed by atoms with Crippen molar-refractivity contribution >= 4 is 11.9 Å². The number of carboxylic acid groups (broad SMARTS) is 1. The molecule has 9 heteroatoms. The number of carboxylic acids is 1. The molecule has 0 spiro atoms. The van der Waals surface area contributed by atoms with Crippen LogP contribution in [0.1, 0.15) is 29.9 Å². The van der Waals surface area contributed by atoms with Crippen LogP contribution < -0.4 is 5.32 Å². The van der Waals surface area contributed by atoms with E-state index in [0.29, 0.717) is 5.56 Å². The zero-order valence-electron chi connectivity index (χ0n) is 12.2. The van der Waals surface area contributed by atoms with Crippen molar-refractivity contribution < 1.29 is 36.6 Å². The molecule has 1 aromatic carbocycles. The summed E-state index contributed by atoms with van der Waals surface area (Å²) in [4.78, 5) is 22.8. The summed E-state index contributed by atoms with van der Waals surface area (Å²) in [5, 5.41) is 10.8. The van der Waals surface area contributed by atoms with Gasteiger partial charge in [0.15, 0.2) is 0 Å². The molecule has 1 aliphatic rings. The van der Waals surface area contributed by atoms with Gasteiger partial charge in [-0.2, -0.15) is 13.2 Å². The number of alkyl halides is 5. The van der Waals surface area contributed by atoms with Crippen LogP contribution in [0, 0.1) is 5.92 Å². The maximum absolute atomic E-state index is 12.7. The number of hydrogen-bond donors (Lipinski definition) is 2. The van der Waals surface area contributed by atoms with Gasteiger partial charge in [-0.05, 0) is 24.0 Å². The van der Waals surface area contributed by atoms with Gasteiger partial charge in [-0.25, -0.2) is 13.6 Å². The van der Waals surface area contributed by atoms with Gasteiger partial charge in [0.05, 0.1) is 5.56 Å². The van der Waals surface area contributed by atoms with E-state index >= 15 is 0 Å². The van der Waals surface area contributed by atoms with Gasteiger partial charge in [0.1, 0.15) is 6.04 Å². The van der Waals surface area contributed by atoms with Crippen molar-refractivity contribution in [2.75, 3.05) is 0 Å². The van der Waals surface area contributed by atoms with E-state index in [4.69, 9.17) is 5.11 Å². The van der Waals surface area contributed by atoms with Crippen LogP contribution >= 0.6 is 0 Å². The van der Waals surface area contributed by atoms with Gasteiger partial charge in [-0.3, -0.25) is 4.79 Å². The van der Waals surface area contributed by atoms with Crippen molar-refractivity contribution in [2.45, 2.75) is 37.4 Å². The molecule has 132 valence electrons. The van der Waals surface area contributed by atoms with Crippen molar-refractivity contribution in [3.63, 3.8) is 0 Å². The zero-order valence-corrected chi connectivity index (χ0v) is 12.2. The summed E-state index contributed by atoms with van der Waals surface area (Å²) in [6.07, 6.45) is -8.19. The lowest BCUT2D eigenvalue weighted by Crippen LogP contribution is -2.42. The van der Waals surface area contributed by atoms with E-state index in [1.54, 1.807) is 0 Å². The van der Waals surface area contributed by atoms with Crippen molar-refractivity contribution in [2.24, 2.45) is 5.92 Å². The highest BCUT2D eigenvalue weighted by Crippen LogP contribution is 2.48. The van der Waals surface area contributed by atoms with E-state index in [0.717, 1.165) is 12.1 Å². The Balaban J connectivity index is 2.02. The summed E-state index contributed by atoms with van der Waals surface area (Å²) >= 11 is 0. The first-order valence-corrected chi connectivity index (χ1v) is 7.08. The number of nitrogens with one attached hydrogen (secondary N) is 1. The monoisotopic (exact) mass is 351 g/mol. The molecule has 0 bridgehead atoms. The second-order valence-corrected chi connectivity index (χ2v) is 5.60. The molecule has 1 amide bonds. The van der Waals surface area contributed by atoms with E-state index in [-0.39, 0.29) is 6.42 Å². The Hall–Kier alpha value is -2.19. The molecule has 2 rings (SSSR count). The first-order chi connectivity index (χ1) is 11.1. The minimum atomic E-state index is -4.51. The first kappa shape index (κ1) is 18.2. The van der Waals surface area contributed by atoms with E-state index in [1.807, 2.05) is 5.32 Å². The Morgan fingerprint density at radius 1 is 1.29 bits per heavy atom. The molecule has 0 radical (unpaired) electrons. The Morgan fingerprint density at radius 2 is 1.96 bits per heavy atom. The Bertz CT molecular complexity index is 632. The van der Waals surface area contributed by atoms with Crippen LogP contribution in [-0.4, -0.2) is 29.5 Å². The first-order valence-electron chi connectivity index (χ1n) is 7.08. The maximum atomic E-state index is 12.7. The van der Waals surface area contributed by atoms with Crippen LogP contribution in [0.15, 0.2) is 24.3 Å². The van der Waals surface area contributed by atoms with Crippen LogP contribution in [0.2, 0.25) is 0 Å². The fraction of sp³-hybridized carbons (Fsp3) is 0.467. The van der Waals surface area contributed by atoms with Crippen molar-refractivity contribution in [1.82, 2.24) is 5.32 Å². The normalized spacial score (nSPS) is 21.4. The zero-order chi connectivity index (χ0) is 18.1. The number of hydrogen-bond acceptors (Lipinski definition) is 2. The topological polar surface area (TPSA) is 66.4 Å². The predicted molar refractivity (Wildman–Crippen MR) is 72.5 cm³/mol. The Labute approximate surface area is 133 Å². The second kappa shape index (κ2) is 6.74. The number of carbonyl (C=O) groups is 2. The van der Waals surface area contributed by atoms with Gasteiger partial charge in [0.25, 0.3) is 0 Å². The molecule has 1 fully saturated rings. The SMILES string of the molecule is O=C(O)C(CC(F)F)NC(=O)C1CC1c1cccc(C(F)(F)F)c1. The number of amides is 1. The largest absolute Gasteiger partial charge is 0.480 e. The van der Waals surface area contributed by atoms with Crippen LogP contribution in [0.25, 0.3) is 0 Å². The molecule has 2 N–H and O–H groups in total. The maximum Gasteiger partial charge on any atom is 0.416 e. The van der Waals surface area contributed by atoms with Crippen LogP contribution in [0.3, 0.4) is 0 Å². The van der Waals surface area contributed by atoms with Gasteiger partial charge < -0.3 is 10.4 Å². The summed E-state index contributed by atoms with van der Waals surface area (Å²) in [6, 6.07) is 2.79. The molecule has 4 nitrogen and oxygen atoms in total. The standard InChI is InChI=1S/C15H14F5NO3/c16-12(17)6-11(14(23)24)21-13(22)10-5-9(10)7-2-1-3-8(4-7)15(18,19)20/h1-4,9-12H,5-6H2,(H,21,22)(H,23,24). The summed E-state index contributed by atoms with van der Waals surface area (Å²) in [6.45, 7) is 0. The minimum absolute atomic E-state index is 0.244. The van der Waals surface area contributed by atoms with Crippen LogP contribution in [-0.2, 0) is 15.8 Å². The van der Waals surface area contributed by atoms with Gasteiger partial charge in [0, 0.05) is 12.3 Å². The summed E-state index contributed by atoms with van der Waals surface area (Å²) in [7, 11) is 0. The molecule has 0 saturated heterocycles. The highest BCUT2D eigenvalue weighted by atomic mass is 19.4. The van der Waals surface area contributed by atoms with Crippen molar-refractivity contribution in [1.29, 1.82) is 0 Å². The molecule has 0 aromatic heterocycles. The van der Waals surface area contributed by atoms with E-state index < -0.39 is 54.3 Å². The molecule has 3 atom stereocenters.